The van der Waals surface area contributed by atoms with Crippen LogP contribution in [0.25, 0.3) is 0 Å². The molecular formula is C24H24N4O3S. The smallest absolute Gasteiger partial charge is 0.287 e. The molecule has 0 fully saturated rings. The highest BCUT2D eigenvalue weighted by Crippen LogP contribution is 2.23. The Labute approximate surface area is 190 Å². The summed E-state index contributed by atoms with van der Waals surface area (Å²) >= 11 is 1.56. The molecule has 1 aromatic carbocycles. The van der Waals surface area contributed by atoms with Gasteiger partial charge in [-0.3, -0.25) is 9.78 Å². The monoisotopic (exact) mass is 448 g/mol. The van der Waals surface area contributed by atoms with Crippen molar-refractivity contribution in [2.24, 2.45) is 7.05 Å². The van der Waals surface area contributed by atoms with Crippen molar-refractivity contribution in [2.45, 2.75) is 30.5 Å². The molecule has 0 aliphatic heterocycles. The van der Waals surface area contributed by atoms with E-state index in [0.29, 0.717) is 12.4 Å². The number of pyridine rings is 1. The van der Waals surface area contributed by atoms with Gasteiger partial charge in [0.1, 0.15) is 18.1 Å². The molecular weight excluding hydrogens is 424 g/mol. The number of hydrogen-bond donors (Lipinski definition) is 1. The zero-order chi connectivity index (χ0) is 22.3. The molecule has 0 saturated heterocycles. The Hall–Kier alpha value is -3.52. The average Bonchev–Trinajstić information content (AvgIpc) is 3.46. The van der Waals surface area contributed by atoms with Gasteiger partial charge in [-0.25, -0.2) is 4.98 Å². The number of nitrogens with one attached hydrogen (secondary N) is 1. The number of imidazole rings is 1. The summed E-state index contributed by atoms with van der Waals surface area (Å²) in [4.78, 5) is 21.2. The van der Waals surface area contributed by atoms with Crippen LogP contribution in [0.15, 0.2) is 82.8 Å². The number of rotatable bonds is 9. The Morgan fingerprint density at radius 3 is 2.84 bits per heavy atom. The highest BCUT2D eigenvalue weighted by molar-refractivity contribution is 7.98. The lowest BCUT2D eigenvalue weighted by Gasteiger charge is -2.15. The van der Waals surface area contributed by atoms with Crippen LogP contribution in [-0.2, 0) is 19.4 Å². The van der Waals surface area contributed by atoms with Crippen molar-refractivity contribution in [3.05, 3.63) is 96.0 Å². The lowest BCUT2D eigenvalue weighted by atomic mass is 10.1. The molecule has 4 rings (SSSR count). The minimum Gasteiger partial charge on any atom is -0.487 e. The third-order valence-corrected chi connectivity index (χ3v) is 5.90. The lowest BCUT2D eigenvalue weighted by Crippen LogP contribution is -2.26. The van der Waals surface area contributed by atoms with Crippen molar-refractivity contribution in [1.82, 2.24) is 19.9 Å². The Bertz CT molecular complexity index is 1170. The molecule has 1 amide bonds. The number of hydrogen-bond acceptors (Lipinski definition) is 6. The molecule has 3 aromatic heterocycles. The van der Waals surface area contributed by atoms with E-state index < -0.39 is 0 Å². The maximum Gasteiger partial charge on any atom is 0.287 e. The summed E-state index contributed by atoms with van der Waals surface area (Å²) in [6, 6.07) is 16.7. The first-order chi connectivity index (χ1) is 15.6. The van der Waals surface area contributed by atoms with Gasteiger partial charge < -0.3 is 19.0 Å². The summed E-state index contributed by atoms with van der Waals surface area (Å²) < 4.78 is 13.5. The highest BCUT2D eigenvalue weighted by Gasteiger charge is 2.16. The van der Waals surface area contributed by atoms with Crippen LogP contribution >= 0.6 is 11.8 Å². The molecule has 0 bridgehead atoms. The number of ether oxygens (including phenoxy) is 1. The number of furan rings is 1. The molecule has 0 radical (unpaired) electrons. The van der Waals surface area contributed by atoms with E-state index in [1.54, 1.807) is 30.2 Å². The fourth-order valence-corrected chi connectivity index (χ4v) is 3.90. The Morgan fingerprint density at radius 2 is 2.06 bits per heavy atom. The van der Waals surface area contributed by atoms with E-state index in [0.717, 1.165) is 27.9 Å². The molecule has 32 heavy (non-hydrogen) atoms. The van der Waals surface area contributed by atoms with Crippen LogP contribution in [-0.4, -0.2) is 20.4 Å². The van der Waals surface area contributed by atoms with E-state index in [4.69, 9.17) is 9.15 Å². The molecule has 4 aromatic rings. The van der Waals surface area contributed by atoms with Gasteiger partial charge in [-0.2, -0.15) is 0 Å². The standard InChI is InChI=1S/C24H24N4O3S/c1-17(18-6-5-8-20(14-18)30-15-19-7-3-4-11-25-19)27-23(29)22-10-9-21(31-22)16-32-24-26-12-13-28(24)2/h3-14,17H,15-16H2,1-2H3,(H,27,29). The summed E-state index contributed by atoms with van der Waals surface area (Å²) in [5, 5.41) is 3.88. The van der Waals surface area contributed by atoms with E-state index in [2.05, 4.69) is 15.3 Å². The number of benzene rings is 1. The summed E-state index contributed by atoms with van der Waals surface area (Å²) in [5.74, 6) is 2.07. The quantitative estimate of drug-likeness (QED) is 0.372. The predicted molar refractivity (Wildman–Crippen MR) is 122 cm³/mol. The molecule has 7 nitrogen and oxygen atoms in total. The van der Waals surface area contributed by atoms with Crippen molar-refractivity contribution >= 4 is 17.7 Å². The van der Waals surface area contributed by atoms with Gasteiger partial charge in [0.15, 0.2) is 10.9 Å². The maximum absolute atomic E-state index is 12.7. The molecule has 1 atom stereocenters. The van der Waals surface area contributed by atoms with Crippen LogP contribution in [0.2, 0.25) is 0 Å². The summed E-state index contributed by atoms with van der Waals surface area (Å²) in [7, 11) is 1.94. The number of carbonyl (C=O) groups excluding carboxylic acids is 1. The topological polar surface area (TPSA) is 82.2 Å². The van der Waals surface area contributed by atoms with Crippen molar-refractivity contribution in [1.29, 1.82) is 0 Å². The van der Waals surface area contributed by atoms with Crippen LogP contribution in [0.1, 0.15) is 40.5 Å². The van der Waals surface area contributed by atoms with Gasteiger partial charge in [-0.15, -0.1) is 0 Å². The summed E-state index contributed by atoms with van der Waals surface area (Å²) in [5.41, 5.74) is 1.79. The first kappa shape index (κ1) is 21.7. The summed E-state index contributed by atoms with van der Waals surface area (Å²) in [6.07, 6.45) is 5.39. The lowest BCUT2D eigenvalue weighted by molar-refractivity contribution is 0.0910. The number of amides is 1. The van der Waals surface area contributed by atoms with Gasteiger partial charge in [0.25, 0.3) is 5.91 Å². The Kier molecular flexibility index (Phi) is 6.91. The fraction of sp³-hybridized carbons (Fsp3) is 0.208. The predicted octanol–water partition coefficient (Wildman–Crippen LogP) is 4.77. The zero-order valence-corrected chi connectivity index (χ0v) is 18.7. The van der Waals surface area contributed by atoms with Crippen LogP contribution in [0.5, 0.6) is 5.75 Å². The van der Waals surface area contributed by atoms with Gasteiger partial charge >= 0.3 is 0 Å². The normalized spacial score (nSPS) is 11.8. The molecule has 0 saturated carbocycles. The van der Waals surface area contributed by atoms with Gasteiger partial charge in [0, 0.05) is 25.6 Å². The van der Waals surface area contributed by atoms with Crippen LogP contribution < -0.4 is 10.1 Å². The summed E-state index contributed by atoms with van der Waals surface area (Å²) in [6.45, 7) is 2.31. The highest BCUT2D eigenvalue weighted by atomic mass is 32.2. The SMILES string of the molecule is CC(NC(=O)c1ccc(CSc2nccn2C)o1)c1cccc(OCc2ccccn2)c1. The first-order valence-electron chi connectivity index (χ1n) is 10.2. The molecule has 8 heteroatoms. The number of nitrogens with zero attached hydrogens (tertiary/aromatic N) is 3. The first-order valence-corrected chi connectivity index (χ1v) is 11.2. The second kappa shape index (κ2) is 10.2. The molecule has 3 heterocycles. The zero-order valence-electron chi connectivity index (χ0n) is 17.9. The van der Waals surface area contributed by atoms with E-state index in [-0.39, 0.29) is 17.7 Å². The van der Waals surface area contributed by atoms with Gasteiger partial charge in [0.05, 0.1) is 17.5 Å². The van der Waals surface area contributed by atoms with Crippen LogP contribution in [0, 0.1) is 0 Å². The third kappa shape index (κ3) is 5.59. The molecule has 1 N–H and O–H groups in total. The average molecular weight is 449 g/mol. The van der Waals surface area contributed by atoms with Gasteiger partial charge in [-0.05, 0) is 48.9 Å². The second-order valence-electron chi connectivity index (χ2n) is 7.25. The van der Waals surface area contributed by atoms with E-state index in [9.17, 15) is 4.79 Å². The minimum atomic E-state index is -0.259. The van der Waals surface area contributed by atoms with E-state index in [1.807, 2.05) is 73.3 Å². The Morgan fingerprint density at radius 1 is 1.16 bits per heavy atom. The van der Waals surface area contributed by atoms with Crippen molar-refractivity contribution in [3.8, 4) is 5.75 Å². The van der Waals surface area contributed by atoms with Crippen molar-refractivity contribution in [3.63, 3.8) is 0 Å². The number of carbonyl (C=O) groups is 1. The second-order valence-corrected chi connectivity index (χ2v) is 8.20. The molecule has 1 unspecified atom stereocenters. The van der Waals surface area contributed by atoms with Gasteiger partial charge in [0.2, 0.25) is 0 Å². The molecule has 0 aliphatic rings. The van der Waals surface area contributed by atoms with Crippen molar-refractivity contribution < 1.29 is 13.9 Å². The molecule has 164 valence electrons. The van der Waals surface area contributed by atoms with Crippen LogP contribution in [0.3, 0.4) is 0 Å². The fourth-order valence-electron chi connectivity index (χ4n) is 3.07. The number of aryl methyl sites for hydroxylation is 1. The van der Waals surface area contributed by atoms with Crippen LogP contribution in [0.4, 0.5) is 0 Å². The molecule has 0 aliphatic carbocycles. The van der Waals surface area contributed by atoms with E-state index >= 15 is 0 Å². The maximum atomic E-state index is 12.7. The number of aromatic nitrogens is 3. The van der Waals surface area contributed by atoms with Gasteiger partial charge in [-0.1, -0.05) is 30.0 Å². The van der Waals surface area contributed by atoms with Crippen molar-refractivity contribution in [2.75, 3.05) is 0 Å². The molecule has 0 spiro atoms. The van der Waals surface area contributed by atoms with E-state index in [1.165, 1.54) is 0 Å². The third-order valence-electron chi connectivity index (χ3n) is 4.82. The Balaban J connectivity index is 1.32. The largest absolute Gasteiger partial charge is 0.487 e. The number of thioether (sulfide) groups is 1. The minimum absolute atomic E-state index is 0.212.